The van der Waals surface area contributed by atoms with Crippen molar-refractivity contribution < 1.29 is 14.3 Å². The average Bonchev–Trinajstić information content (AvgIpc) is 2.56. The van der Waals surface area contributed by atoms with E-state index >= 15 is 0 Å². The second-order valence-electron chi connectivity index (χ2n) is 3.56. The molecule has 88 valence electrons. The first kappa shape index (κ1) is 12.7. The Balaban J connectivity index is 2.72. The van der Waals surface area contributed by atoms with Crippen molar-refractivity contribution in [2.45, 2.75) is 26.8 Å². The van der Waals surface area contributed by atoms with Crippen molar-refractivity contribution >= 4 is 23.2 Å². The lowest BCUT2D eigenvalue weighted by Gasteiger charge is -2.12. The summed E-state index contributed by atoms with van der Waals surface area (Å²) in [6.45, 7) is 5.85. The summed E-state index contributed by atoms with van der Waals surface area (Å²) in [4.78, 5) is 24.6. The van der Waals surface area contributed by atoms with Gasteiger partial charge in [0.1, 0.15) is 0 Å². The van der Waals surface area contributed by atoms with Crippen LogP contribution in [0.25, 0.3) is 0 Å². The molecule has 5 heteroatoms. The molecule has 1 amide bonds. The second kappa shape index (κ2) is 5.12. The molecular weight excluding hydrogens is 226 g/mol. The summed E-state index contributed by atoms with van der Waals surface area (Å²) in [5.41, 5.74) is 1.04. The van der Waals surface area contributed by atoms with Crippen LogP contribution in [0.4, 0.5) is 0 Å². The van der Waals surface area contributed by atoms with Gasteiger partial charge in [-0.2, -0.15) is 0 Å². The quantitative estimate of drug-likeness (QED) is 0.633. The zero-order valence-corrected chi connectivity index (χ0v) is 10.6. The Hall–Kier alpha value is -1.36. The molecule has 1 aromatic heterocycles. The number of amides is 1. The molecule has 0 aliphatic carbocycles. The lowest BCUT2D eigenvalue weighted by atomic mass is 10.1. The van der Waals surface area contributed by atoms with Gasteiger partial charge in [-0.3, -0.25) is 4.79 Å². The molecule has 0 aliphatic heterocycles. The third kappa shape index (κ3) is 2.82. The van der Waals surface area contributed by atoms with E-state index in [0.717, 1.165) is 10.4 Å². The summed E-state index contributed by atoms with van der Waals surface area (Å²) in [5, 5.41) is 2.59. The first-order valence-electron chi connectivity index (χ1n) is 4.91. The molecule has 1 aromatic rings. The highest BCUT2D eigenvalue weighted by atomic mass is 32.1. The molecule has 0 saturated carbocycles. The van der Waals surface area contributed by atoms with Crippen molar-refractivity contribution in [2.75, 3.05) is 7.11 Å². The van der Waals surface area contributed by atoms with Crippen molar-refractivity contribution in [1.82, 2.24) is 5.32 Å². The van der Waals surface area contributed by atoms with Crippen molar-refractivity contribution in [3.63, 3.8) is 0 Å². The Morgan fingerprint density at radius 2 is 2.06 bits per heavy atom. The summed E-state index contributed by atoms with van der Waals surface area (Å²) in [6.07, 6.45) is 0. The number of aryl methyl sites for hydroxylation is 2. The van der Waals surface area contributed by atoms with Crippen molar-refractivity contribution in [1.29, 1.82) is 0 Å². The Labute approximate surface area is 98.6 Å². The van der Waals surface area contributed by atoms with Crippen molar-refractivity contribution in [3.8, 4) is 0 Å². The molecule has 0 saturated heterocycles. The van der Waals surface area contributed by atoms with E-state index in [9.17, 15) is 9.59 Å². The van der Waals surface area contributed by atoms with E-state index in [1.807, 2.05) is 26.8 Å². The zero-order valence-electron chi connectivity index (χ0n) is 9.79. The third-order valence-electron chi connectivity index (χ3n) is 2.26. The molecule has 1 heterocycles. The molecule has 0 aliphatic rings. The molecule has 1 atom stereocenters. The maximum atomic E-state index is 11.3. The van der Waals surface area contributed by atoms with E-state index in [1.54, 1.807) is 11.3 Å². The lowest BCUT2D eigenvalue weighted by Crippen LogP contribution is -2.33. The minimum absolute atomic E-state index is 0.184. The molecule has 1 rings (SSSR count). The number of hydrogen-bond acceptors (Lipinski definition) is 4. The molecule has 0 fully saturated rings. The summed E-state index contributed by atoms with van der Waals surface area (Å²) < 4.78 is 4.34. The maximum Gasteiger partial charge on any atom is 0.396 e. The average molecular weight is 241 g/mol. The highest BCUT2D eigenvalue weighted by Crippen LogP contribution is 2.25. The summed E-state index contributed by atoms with van der Waals surface area (Å²) in [7, 11) is 1.19. The van der Waals surface area contributed by atoms with Crippen molar-refractivity contribution in [2.24, 2.45) is 0 Å². The number of ether oxygens (including phenoxy) is 1. The van der Waals surface area contributed by atoms with Crippen molar-refractivity contribution in [3.05, 3.63) is 21.4 Å². The van der Waals surface area contributed by atoms with Crippen LogP contribution in [0.3, 0.4) is 0 Å². The molecule has 16 heavy (non-hydrogen) atoms. The molecule has 4 nitrogen and oxygen atoms in total. The molecule has 0 radical (unpaired) electrons. The molecule has 0 spiro atoms. The molecule has 1 unspecified atom stereocenters. The van der Waals surface area contributed by atoms with E-state index in [0.29, 0.717) is 0 Å². The first-order chi connectivity index (χ1) is 7.45. The number of esters is 1. The van der Waals surface area contributed by atoms with Crippen LogP contribution in [-0.2, 0) is 14.3 Å². The minimum Gasteiger partial charge on any atom is -0.462 e. The Morgan fingerprint density at radius 1 is 1.44 bits per heavy atom. The van der Waals surface area contributed by atoms with Crippen LogP contribution < -0.4 is 5.32 Å². The number of carbonyl (C=O) groups excluding carboxylic acids is 2. The van der Waals surface area contributed by atoms with Gasteiger partial charge in [0.25, 0.3) is 0 Å². The van der Waals surface area contributed by atoms with E-state index in [2.05, 4.69) is 10.1 Å². The summed E-state index contributed by atoms with van der Waals surface area (Å²) in [6, 6.07) is 1.83. The standard InChI is InChI=1S/C11H15NO3S/c1-6-5-9(8(3)16-6)7(2)12-10(13)11(14)15-4/h5,7H,1-4H3,(H,12,13). The van der Waals surface area contributed by atoms with E-state index in [1.165, 1.54) is 12.0 Å². The van der Waals surface area contributed by atoms with Crippen LogP contribution >= 0.6 is 11.3 Å². The number of carbonyl (C=O) groups is 2. The number of nitrogens with one attached hydrogen (secondary N) is 1. The van der Waals surface area contributed by atoms with Gasteiger partial charge in [0.15, 0.2) is 0 Å². The van der Waals surface area contributed by atoms with Crippen LogP contribution in [-0.4, -0.2) is 19.0 Å². The van der Waals surface area contributed by atoms with Gasteiger partial charge in [-0.05, 0) is 32.4 Å². The van der Waals surface area contributed by atoms with Gasteiger partial charge in [-0.1, -0.05) is 0 Å². The highest BCUT2D eigenvalue weighted by Gasteiger charge is 2.19. The van der Waals surface area contributed by atoms with Crippen LogP contribution in [0.5, 0.6) is 0 Å². The van der Waals surface area contributed by atoms with Gasteiger partial charge in [0.05, 0.1) is 13.2 Å². The van der Waals surface area contributed by atoms with E-state index in [4.69, 9.17) is 0 Å². The Kier molecular flexibility index (Phi) is 4.06. The predicted molar refractivity (Wildman–Crippen MR) is 62.4 cm³/mol. The van der Waals surface area contributed by atoms with Crippen LogP contribution in [0.2, 0.25) is 0 Å². The van der Waals surface area contributed by atoms with Gasteiger partial charge < -0.3 is 10.1 Å². The van der Waals surface area contributed by atoms with Gasteiger partial charge in [0, 0.05) is 9.75 Å². The van der Waals surface area contributed by atoms with Crippen LogP contribution in [0.1, 0.15) is 28.3 Å². The fourth-order valence-corrected chi connectivity index (χ4v) is 2.53. The molecular formula is C11H15NO3S. The second-order valence-corrected chi connectivity index (χ2v) is 5.02. The number of thiophene rings is 1. The zero-order chi connectivity index (χ0) is 12.3. The van der Waals surface area contributed by atoms with Gasteiger partial charge in [-0.25, -0.2) is 4.79 Å². The summed E-state index contributed by atoms with van der Waals surface area (Å²) in [5.74, 6) is -1.57. The molecule has 0 bridgehead atoms. The largest absolute Gasteiger partial charge is 0.462 e. The fourth-order valence-electron chi connectivity index (χ4n) is 1.51. The van der Waals surface area contributed by atoms with E-state index in [-0.39, 0.29) is 6.04 Å². The maximum absolute atomic E-state index is 11.3. The van der Waals surface area contributed by atoms with E-state index < -0.39 is 11.9 Å². The Morgan fingerprint density at radius 3 is 2.50 bits per heavy atom. The smallest absolute Gasteiger partial charge is 0.396 e. The topological polar surface area (TPSA) is 55.4 Å². The molecule has 0 aromatic carbocycles. The fraction of sp³-hybridized carbons (Fsp3) is 0.455. The van der Waals surface area contributed by atoms with Gasteiger partial charge in [-0.15, -0.1) is 11.3 Å². The van der Waals surface area contributed by atoms with Gasteiger partial charge >= 0.3 is 11.9 Å². The van der Waals surface area contributed by atoms with Crippen LogP contribution in [0, 0.1) is 13.8 Å². The van der Waals surface area contributed by atoms with Gasteiger partial charge in [0.2, 0.25) is 0 Å². The normalized spacial score (nSPS) is 12.0. The van der Waals surface area contributed by atoms with Crippen LogP contribution in [0.15, 0.2) is 6.07 Å². The Bertz CT molecular complexity index is 411. The lowest BCUT2D eigenvalue weighted by molar-refractivity contribution is -0.153. The predicted octanol–water partition coefficient (Wildman–Crippen LogP) is 1.72. The SMILES string of the molecule is COC(=O)C(=O)NC(C)c1cc(C)sc1C. The third-order valence-corrected chi connectivity index (χ3v) is 3.25. The molecule has 1 N–H and O–H groups in total. The monoisotopic (exact) mass is 241 g/mol. The highest BCUT2D eigenvalue weighted by molar-refractivity contribution is 7.12. The summed E-state index contributed by atoms with van der Waals surface area (Å²) >= 11 is 1.67. The first-order valence-corrected chi connectivity index (χ1v) is 5.73. The number of rotatable bonds is 2. The minimum atomic E-state index is -0.864. The number of methoxy groups -OCH3 is 1. The number of hydrogen-bond donors (Lipinski definition) is 1.